The molecule has 6 nitrogen and oxygen atoms in total. The molecule has 0 bridgehead atoms. The normalized spacial score (nSPS) is 20.2. The number of hydrogen-bond acceptors (Lipinski definition) is 6. The number of fused-ring (bicyclic) bond motifs is 1. The number of amidine groups is 1. The van der Waals surface area contributed by atoms with Crippen LogP contribution in [-0.4, -0.2) is 31.5 Å². The molecule has 0 spiro atoms. The van der Waals surface area contributed by atoms with E-state index in [2.05, 4.69) is 20.8 Å². The molecular weight excluding hydrogens is 500 g/mol. The molecule has 0 radical (unpaired) electrons. The number of aliphatic imine (C=N–C) groups is 1. The zero-order chi connectivity index (χ0) is 26.1. The Morgan fingerprint density at radius 1 is 1.29 bits per heavy atom. The van der Waals surface area contributed by atoms with Crippen LogP contribution in [0.4, 0.5) is 8.78 Å². The van der Waals surface area contributed by atoms with Gasteiger partial charge in [-0.3, -0.25) is 9.89 Å². The number of halogens is 3. The molecule has 2 aliphatic heterocycles. The summed E-state index contributed by atoms with van der Waals surface area (Å²) in [4.78, 5) is 10.4. The monoisotopic (exact) mass is 531 g/mol. The van der Waals surface area contributed by atoms with Crippen molar-refractivity contribution in [2.24, 2.45) is 4.99 Å². The van der Waals surface area contributed by atoms with Crippen LogP contribution in [0, 0.1) is 11.3 Å². The third-order valence-electron chi connectivity index (χ3n) is 4.38. The van der Waals surface area contributed by atoms with Crippen molar-refractivity contribution in [3.63, 3.8) is 0 Å². The summed E-state index contributed by atoms with van der Waals surface area (Å²) in [6.45, 7) is 13.8. The highest BCUT2D eigenvalue weighted by atomic mass is 35.5. The van der Waals surface area contributed by atoms with Crippen molar-refractivity contribution < 1.29 is 13.0 Å². The number of thiazole rings is 1. The van der Waals surface area contributed by atoms with E-state index in [0.29, 0.717) is 39.3 Å². The van der Waals surface area contributed by atoms with Gasteiger partial charge in [0.05, 0.1) is 32.6 Å². The molecule has 188 valence electrons. The lowest BCUT2D eigenvalue weighted by Crippen LogP contribution is -2.36. The first kappa shape index (κ1) is 30.1. The maximum Gasteiger partial charge on any atom is 0.274 e. The van der Waals surface area contributed by atoms with Crippen LogP contribution >= 0.6 is 22.9 Å². The Morgan fingerprint density at radius 2 is 1.91 bits per heavy atom. The minimum absolute atomic E-state index is 0.153. The van der Waals surface area contributed by atoms with Gasteiger partial charge in [0.2, 0.25) is 0 Å². The Kier molecular flexibility index (Phi) is 12.2. The number of nitriles is 1. The van der Waals surface area contributed by atoms with Gasteiger partial charge < -0.3 is 0 Å². The summed E-state index contributed by atoms with van der Waals surface area (Å²) in [7, 11) is -1.66. The first-order valence-corrected chi connectivity index (χ1v) is 13.7. The quantitative estimate of drug-likeness (QED) is 0.454. The largest absolute Gasteiger partial charge is 0.297 e. The van der Waals surface area contributed by atoms with Crippen molar-refractivity contribution in [1.29, 1.82) is 5.26 Å². The van der Waals surface area contributed by atoms with Crippen molar-refractivity contribution in [2.75, 3.05) is 0 Å². The molecule has 1 aromatic rings. The van der Waals surface area contributed by atoms with E-state index < -0.39 is 22.9 Å². The van der Waals surface area contributed by atoms with Gasteiger partial charge in [-0.1, -0.05) is 53.1 Å². The SMILES string of the molecule is CC.CC.CC.CC1C=C2C(Cl)=CC(S(=O)NC3(C#N)CC3)=CN2C(c2ncc(C(F)F)s2)=N1. The molecule has 0 aromatic carbocycles. The predicted octanol–water partition coefficient (Wildman–Crippen LogP) is 6.78. The Balaban J connectivity index is 0.000000894. The Morgan fingerprint density at radius 3 is 2.41 bits per heavy atom. The lowest BCUT2D eigenvalue weighted by Gasteiger charge is -2.32. The van der Waals surface area contributed by atoms with Gasteiger partial charge in [-0.15, -0.1) is 11.3 Å². The number of alkyl halides is 2. The summed E-state index contributed by atoms with van der Waals surface area (Å²) >= 11 is 7.27. The number of hydrogen-bond donors (Lipinski definition) is 1. The van der Waals surface area contributed by atoms with Gasteiger partial charge in [-0.05, 0) is 31.9 Å². The molecule has 3 aliphatic rings. The fraction of sp³-hybridized carbons (Fsp3) is 0.522. The molecule has 0 amide bonds. The van der Waals surface area contributed by atoms with E-state index in [1.165, 1.54) is 0 Å². The zero-order valence-electron chi connectivity index (χ0n) is 20.5. The van der Waals surface area contributed by atoms with Crippen molar-refractivity contribution in [1.82, 2.24) is 14.6 Å². The molecule has 1 N–H and O–H groups in total. The summed E-state index contributed by atoms with van der Waals surface area (Å²) in [6.07, 6.45) is 4.77. The van der Waals surface area contributed by atoms with Crippen LogP contribution in [0.3, 0.4) is 0 Å². The lowest BCUT2D eigenvalue weighted by atomic mass is 10.1. The number of nitrogens with zero attached hydrogens (tertiary/aromatic N) is 4. The van der Waals surface area contributed by atoms with Gasteiger partial charge in [0.15, 0.2) is 10.8 Å². The molecule has 1 aliphatic carbocycles. The average Bonchev–Trinajstić information content (AvgIpc) is 3.45. The van der Waals surface area contributed by atoms with Gasteiger partial charge in [0.1, 0.15) is 16.5 Å². The molecule has 2 unspecified atom stereocenters. The first-order chi connectivity index (χ1) is 16.3. The van der Waals surface area contributed by atoms with Crippen LogP contribution in [0.1, 0.15) is 77.6 Å². The molecule has 1 fully saturated rings. The summed E-state index contributed by atoms with van der Waals surface area (Å²) in [5, 5.41) is 9.87. The van der Waals surface area contributed by atoms with Crippen LogP contribution in [0.25, 0.3) is 0 Å². The minimum Gasteiger partial charge on any atom is -0.297 e. The highest BCUT2D eigenvalue weighted by Crippen LogP contribution is 2.38. The van der Waals surface area contributed by atoms with E-state index in [1.807, 2.05) is 54.5 Å². The zero-order valence-corrected chi connectivity index (χ0v) is 22.9. The molecule has 1 aromatic heterocycles. The number of allylic oxidation sites excluding steroid dienone is 2. The van der Waals surface area contributed by atoms with Crippen LogP contribution in [0.5, 0.6) is 0 Å². The fourth-order valence-electron chi connectivity index (χ4n) is 2.75. The Labute approximate surface area is 212 Å². The second-order valence-corrected chi connectivity index (χ2v) is 9.25. The number of rotatable bonds is 5. The molecule has 4 rings (SSSR count). The molecule has 3 heterocycles. The van der Waals surface area contributed by atoms with Crippen molar-refractivity contribution in [2.45, 2.75) is 79.3 Å². The summed E-state index contributed by atoms with van der Waals surface area (Å²) in [5.74, 6) is 0.365. The third-order valence-corrected chi connectivity index (χ3v) is 6.91. The Hall–Kier alpha value is -1.93. The third kappa shape index (κ3) is 7.04. The summed E-state index contributed by atoms with van der Waals surface area (Å²) in [5.41, 5.74) is -0.146. The van der Waals surface area contributed by atoms with Gasteiger partial charge in [0, 0.05) is 12.4 Å². The van der Waals surface area contributed by atoms with E-state index >= 15 is 0 Å². The van der Waals surface area contributed by atoms with Gasteiger partial charge in [0.25, 0.3) is 6.43 Å². The highest BCUT2D eigenvalue weighted by molar-refractivity contribution is 7.87. The molecule has 34 heavy (non-hydrogen) atoms. The van der Waals surface area contributed by atoms with Gasteiger partial charge in [-0.2, -0.15) is 5.26 Å². The van der Waals surface area contributed by atoms with E-state index in [9.17, 15) is 18.3 Å². The van der Waals surface area contributed by atoms with Crippen molar-refractivity contribution in [3.05, 3.63) is 50.1 Å². The van der Waals surface area contributed by atoms with E-state index in [4.69, 9.17) is 11.6 Å². The second-order valence-electron chi connectivity index (χ2n) is 6.57. The molecular formula is C23H32ClF2N5OS2. The molecule has 2 atom stereocenters. The predicted molar refractivity (Wildman–Crippen MR) is 138 cm³/mol. The van der Waals surface area contributed by atoms with E-state index in [-0.39, 0.29) is 10.9 Å². The van der Waals surface area contributed by atoms with Crippen LogP contribution in [0.15, 0.2) is 45.2 Å². The first-order valence-electron chi connectivity index (χ1n) is 11.4. The summed E-state index contributed by atoms with van der Waals surface area (Å²) in [6, 6.07) is 1.90. The standard InChI is InChI=1S/C17H14ClF2N5OS2.3C2H6/c1-9-4-12-11(18)5-10(28(26)24-17(8-21)2-3-17)7-25(12)15(23-9)16-22-6-13(27-16)14(19)20;3*1-2/h4-7,9,14,24H,2-3H2,1H3;3*1-2H3. The van der Waals surface area contributed by atoms with Crippen LogP contribution < -0.4 is 4.72 Å². The van der Waals surface area contributed by atoms with Crippen molar-refractivity contribution in [3.8, 4) is 6.07 Å². The topological polar surface area (TPSA) is 81.4 Å². The lowest BCUT2D eigenvalue weighted by molar-refractivity contribution is 0.155. The maximum atomic E-state index is 13.0. The molecule has 11 heteroatoms. The van der Waals surface area contributed by atoms with Gasteiger partial charge >= 0.3 is 0 Å². The summed E-state index contributed by atoms with van der Waals surface area (Å²) < 4.78 is 41.5. The fourth-order valence-corrected chi connectivity index (χ4v) is 5.00. The number of aromatic nitrogens is 1. The average molecular weight is 532 g/mol. The molecule has 1 saturated carbocycles. The smallest absolute Gasteiger partial charge is 0.274 e. The maximum absolute atomic E-state index is 13.0. The minimum atomic E-state index is -2.61. The van der Waals surface area contributed by atoms with Gasteiger partial charge in [-0.25, -0.2) is 22.7 Å². The Bertz CT molecular complexity index is 1020. The second kappa shape index (κ2) is 13.8. The van der Waals surface area contributed by atoms with Crippen LogP contribution in [-0.2, 0) is 11.0 Å². The molecule has 0 saturated heterocycles. The highest BCUT2D eigenvalue weighted by Gasteiger charge is 2.45. The van der Waals surface area contributed by atoms with E-state index in [0.717, 1.165) is 17.5 Å². The van der Waals surface area contributed by atoms with E-state index in [1.54, 1.807) is 17.2 Å². The number of nitrogens with one attached hydrogen (secondary N) is 1. The van der Waals surface area contributed by atoms with Crippen LogP contribution in [0.2, 0.25) is 0 Å². The van der Waals surface area contributed by atoms with Crippen molar-refractivity contribution >= 4 is 39.8 Å².